The molecule has 9 heteroatoms. The quantitative estimate of drug-likeness (QED) is 0.421. The molecule has 2 N–H and O–H groups in total. The molecule has 2 aliphatic rings. The summed E-state index contributed by atoms with van der Waals surface area (Å²) in [5.74, 6) is 0.0935. The summed E-state index contributed by atoms with van der Waals surface area (Å²) in [6.07, 6.45) is 0.455. The van der Waals surface area contributed by atoms with Gasteiger partial charge in [-0.05, 0) is 61.0 Å². The minimum absolute atomic E-state index is 0.0759. The number of amides is 1. The molecule has 1 atom stereocenters. The highest BCUT2D eigenvalue weighted by molar-refractivity contribution is 7.16. The zero-order chi connectivity index (χ0) is 23.1. The number of ether oxygens (including phenoxy) is 2. The number of rotatable bonds is 4. The Bertz CT molecular complexity index is 1240. The number of anilines is 1. The van der Waals surface area contributed by atoms with E-state index in [-0.39, 0.29) is 5.91 Å². The maximum absolute atomic E-state index is 13.0. The molecule has 2 aromatic carbocycles. The van der Waals surface area contributed by atoms with Crippen molar-refractivity contribution in [1.82, 2.24) is 10.2 Å². The Morgan fingerprint density at radius 3 is 2.70 bits per heavy atom. The fraction of sp³-hybridized carbons (Fsp3) is 0.250. The molecule has 0 spiro atoms. The van der Waals surface area contributed by atoms with Crippen molar-refractivity contribution < 1.29 is 19.1 Å². The van der Waals surface area contributed by atoms with Crippen LogP contribution in [-0.4, -0.2) is 37.5 Å². The number of halogens is 1. The molecule has 0 aliphatic carbocycles. The third-order valence-corrected chi connectivity index (χ3v) is 7.23. The van der Waals surface area contributed by atoms with Gasteiger partial charge in [-0.1, -0.05) is 17.7 Å². The van der Waals surface area contributed by atoms with E-state index in [1.54, 1.807) is 53.8 Å². The smallest absolute Gasteiger partial charge is 0.343 e. The molecule has 7 nitrogen and oxygen atoms in total. The molecule has 0 fully saturated rings. The molecular weight excluding hydrogens is 462 g/mol. The lowest BCUT2D eigenvalue weighted by atomic mass is 10.0. The second-order valence-corrected chi connectivity index (χ2v) is 9.59. The topological polar surface area (TPSA) is 79.9 Å². The highest BCUT2D eigenvalue weighted by Crippen LogP contribution is 2.41. The van der Waals surface area contributed by atoms with E-state index in [0.717, 1.165) is 41.2 Å². The number of esters is 1. The molecule has 1 aromatic heterocycles. The fourth-order valence-corrected chi connectivity index (χ4v) is 5.58. The molecule has 0 bridgehead atoms. The van der Waals surface area contributed by atoms with E-state index in [1.807, 2.05) is 0 Å². The number of benzene rings is 2. The van der Waals surface area contributed by atoms with Gasteiger partial charge in [-0.15, -0.1) is 11.3 Å². The van der Waals surface area contributed by atoms with Crippen LogP contribution in [0.15, 0.2) is 42.5 Å². The maximum atomic E-state index is 13.0. The number of thiophene rings is 1. The molecule has 3 heterocycles. The summed E-state index contributed by atoms with van der Waals surface area (Å²) >= 11 is 7.52. The van der Waals surface area contributed by atoms with Crippen LogP contribution in [0.4, 0.5) is 5.00 Å². The van der Waals surface area contributed by atoms with Gasteiger partial charge in [0.25, 0.3) is 5.91 Å². The van der Waals surface area contributed by atoms with Crippen LogP contribution in [0.3, 0.4) is 0 Å². The van der Waals surface area contributed by atoms with Gasteiger partial charge in [0.15, 0.2) is 11.5 Å². The van der Waals surface area contributed by atoms with E-state index in [2.05, 4.69) is 22.6 Å². The van der Waals surface area contributed by atoms with Gasteiger partial charge in [-0.2, -0.15) is 0 Å². The van der Waals surface area contributed by atoms with Crippen molar-refractivity contribution in [3.05, 3.63) is 74.6 Å². The van der Waals surface area contributed by atoms with Gasteiger partial charge in [0.05, 0.1) is 18.2 Å². The van der Waals surface area contributed by atoms with Crippen LogP contribution in [-0.2, 0) is 13.0 Å². The number of hydrogen-bond acceptors (Lipinski definition) is 7. The first-order chi connectivity index (χ1) is 15.9. The molecule has 3 aromatic rings. The zero-order valence-electron chi connectivity index (χ0n) is 18.1. The van der Waals surface area contributed by atoms with Crippen LogP contribution < -0.4 is 20.1 Å². The third kappa shape index (κ3) is 4.17. The summed E-state index contributed by atoms with van der Waals surface area (Å²) in [7, 11) is 3.60. The average molecular weight is 484 g/mol. The summed E-state index contributed by atoms with van der Waals surface area (Å²) in [4.78, 5) is 28.9. The van der Waals surface area contributed by atoms with Gasteiger partial charge in [-0.3, -0.25) is 4.79 Å². The third-order valence-electron chi connectivity index (χ3n) is 5.83. The van der Waals surface area contributed by atoms with Gasteiger partial charge < -0.3 is 25.0 Å². The van der Waals surface area contributed by atoms with Crippen molar-refractivity contribution >= 4 is 39.8 Å². The van der Waals surface area contributed by atoms with Crippen LogP contribution in [0.1, 0.15) is 42.9 Å². The number of carbonyl (C=O) groups excluding carboxylic acids is 2. The minimum Gasteiger partial charge on any atom is -0.493 e. The Balaban J connectivity index is 1.38. The molecule has 0 saturated carbocycles. The van der Waals surface area contributed by atoms with Crippen molar-refractivity contribution in [3.8, 4) is 11.5 Å². The van der Waals surface area contributed by atoms with Crippen molar-refractivity contribution in [3.63, 3.8) is 0 Å². The molecule has 1 amide bonds. The standard InChI is InChI=1S/C24H22ClN3O4S/c1-28-10-9-16-19(12-28)33-23-20(16)22(29)26-21(27-23)14-5-8-17(18(11-14)31-2)32-24(30)13-3-6-15(25)7-4-13/h3-8,11,21,27H,9-10,12H2,1-2H3,(H,26,29). The predicted octanol–water partition coefficient (Wildman–Crippen LogP) is 4.47. The van der Waals surface area contributed by atoms with Crippen LogP contribution >= 0.6 is 22.9 Å². The Labute approximate surface area is 200 Å². The van der Waals surface area contributed by atoms with Gasteiger partial charge in [0, 0.05) is 23.0 Å². The van der Waals surface area contributed by atoms with E-state index >= 15 is 0 Å². The lowest BCUT2D eigenvalue weighted by Crippen LogP contribution is -2.38. The van der Waals surface area contributed by atoms with Crippen molar-refractivity contribution in [1.29, 1.82) is 0 Å². The summed E-state index contributed by atoms with van der Waals surface area (Å²) in [6.45, 7) is 1.80. The van der Waals surface area contributed by atoms with Crippen molar-refractivity contribution in [2.45, 2.75) is 19.1 Å². The number of nitrogens with one attached hydrogen (secondary N) is 2. The number of nitrogens with zero attached hydrogens (tertiary/aromatic N) is 1. The molecule has 0 saturated heterocycles. The molecule has 33 heavy (non-hydrogen) atoms. The number of carbonyl (C=O) groups is 2. The predicted molar refractivity (Wildman–Crippen MR) is 128 cm³/mol. The molecule has 1 unspecified atom stereocenters. The van der Waals surface area contributed by atoms with E-state index in [4.69, 9.17) is 21.1 Å². The van der Waals surface area contributed by atoms with E-state index in [1.165, 1.54) is 12.0 Å². The van der Waals surface area contributed by atoms with E-state index in [9.17, 15) is 9.59 Å². The second kappa shape index (κ2) is 8.70. The normalized spacial score (nSPS) is 17.4. The van der Waals surface area contributed by atoms with E-state index < -0.39 is 12.1 Å². The molecular formula is C24H22ClN3O4S. The lowest BCUT2D eigenvalue weighted by Gasteiger charge is -2.27. The van der Waals surface area contributed by atoms with Crippen LogP contribution in [0.25, 0.3) is 0 Å². The van der Waals surface area contributed by atoms with Gasteiger partial charge in [-0.25, -0.2) is 4.79 Å². The van der Waals surface area contributed by atoms with Crippen molar-refractivity contribution in [2.24, 2.45) is 0 Å². The summed E-state index contributed by atoms with van der Waals surface area (Å²) in [6, 6.07) is 11.7. The van der Waals surface area contributed by atoms with Crippen LogP contribution in [0.2, 0.25) is 5.02 Å². The van der Waals surface area contributed by atoms with Crippen molar-refractivity contribution in [2.75, 3.05) is 26.0 Å². The van der Waals surface area contributed by atoms with Gasteiger partial charge in [0.2, 0.25) is 0 Å². The van der Waals surface area contributed by atoms with Crippen LogP contribution in [0, 0.1) is 0 Å². The van der Waals surface area contributed by atoms with Gasteiger partial charge in [0.1, 0.15) is 11.2 Å². The van der Waals surface area contributed by atoms with E-state index in [0.29, 0.717) is 22.1 Å². The second-order valence-electron chi connectivity index (χ2n) is 8.05. The number of hydrogen-bond donors (Lipinski definition) is 2. The first-order valence-electron chi connectivity index (χ1n) is 10.5. The number of methoxy groups -OCH3 is 1. The molecule has 170 valence electrons. The highest BCUT2D eigenvalue weighted by Gasteiger charge is 2.33. The highest BCUT2D eigenvalue weighted by atomic mass is 35.5. The average Bonchev–Trinajstić information content (AvgIpc) is 3.17. The molecule has 0 radical (unpaired) electrons. The number of likely N-dealkylation sites (N-methyl/N-ethyl adjacent to an activating group) is 1. The zero-order valence-corrected chi connectivity index (χ0v) is 19.7. The summed E-state index contributed by atoms with van der Waals surface area (Å²) < 4.78 is 11.0. The maximum Gasteiger partial charge on any atom is 0.343 e. The molecule has 2 aliphatic heterocycles. The Hall–Kier alpha value is -3.07. The first kappa shape index (κ1) is 21.8. The van der Waals surface area contributed by atoms with Crippen LogP contribution in [0.5, 0.6) is 11.5 Å². The largest absolute Gasteiger partial charge is 0.493 e. The SMILES string of the molecule is COc1cc(C2NC(=O)c3c(sc4c3CCN(C)C4)N2)ccc1OC(=O)c1ccc(Cl)cc1. The minimum atomic E-state index is -0.513. The number of fused-ring (bicyclic) bond motifs is 3. The Morgan fingerprint density at radius 1 is 1.15 bits per heavy atom. The summed E-state index contributed by atoms with van der Waals surface area (Å²) in [5.41, 5.74) is 3.09. The summed E-state index contributed by atoms with van der Waals surface area (Å²) in [5, 5.41) is 7.93. The Morgan fingerprint density at radius 2 is 1.94 bits per heavy atom. The monoisotopic (exact) mass is 483 g/mol. The fourth-order valence-electron chi connectivity index (χ4n) is 4.10. The Kier molecular flexibility index (Phi) is 5.74. The van der Waals surface area contributed by atoms with Gasteiger partial charge >= 0.3 is 5.97 Å². The first-order valence-corrected chi connectivity index (χ1v) is 11.7. The molecule has 5 rings (SSSR count). The lowest BCUT2D eigenvalue weighted by molar-refractivity contribution is 0.0729.